The maximum atomic E-state index is 10.8. The smallest absolute Gasteiger partial charge is 0.307 e. The van der Waals surface area contributed by atoms with Crippen molar-refractivity contribution >= 4 is 17.3 Å². The number of benzene rings is 2. The molecule has 3 rings (SSSR count). The molecule has 0 saturated carbocycles. The summed E-state index contributed by atoms with van der Waals surface area (Å²) in [5.74, 6) is -0.816. The molecule has 0 amide bonds. The van der Waals surface area contributed by atoms with E-state index in [1.54, 1.807) is 6.20 Å². The van der Waals surface area contributed by atoms with Crippen molar-refractivity contribution in [1.29, 1.82) is 5.26 Å². The fourth-order valence-electron chi connectivity index (χ4n) is 2.95. The summed E-state index contributed by atoms with van der Waals surface area (Å²) in [5, 5.41) is 24.3. The normalized spacial score (nSPS) is 9.84. The van der Waals surface area contributed by atoms with Gasteiger partial charge in [0.1, 0.15) is 6.07 Å². The number of carboxylic acids is 1. The lowest BCUT2D eigenvalue weighted by atomic mass is 10.1. The van der Waals surface area contributed by atoms with Crippen molar-refractivity contribution in [2.45, 2.75) is 19.3 Å². The van der Waals surface area contributed by atoms with Crippen LogP contribution in [0.5, 0.6) is 0 Å². The van der Waals surface area contributed by atoms with Crippen LogP contribution < -0.4 is 16.4 Å². The van der Waals surface area contributed by atoms with Gasteiger partial charge in [0.05, 0.1) is 29.6 Å². The molecule has 0 aliphatic carbocycles. The highest BCUT2D eigenvalue weighted by Crippen LogP contribution is 2.20. The molecule has 0 fully saturated rings. The monoisotopic (exact) mass is 431 g/mol. The Morgan fingerprint density at radius 2 is 1.69 bits per heavy atom. The van der Waals surface area contributed by atoms with E-state index >= 15 is 0 Å². The van der Waals surface area contributed by atoms with E-state index < -0.39 is 5.97 Å². The molecule has 0 radical (unpaired) electrons. The van der Waals surface area contributed by atoms with Crippen LogP contribution in [0.3, 0.4) is 0 Å². The van der Waals surface area contributed by atoms with Gasteiger partial charge < -0.3 is 21.5 Å². The van der Waals surface area contributed by atoms with Crippen LogP contribution in [0.1, 0.15) is 23.1 Å². The molecular weight excluding hydrogens is 402 g/mol. The van der Waals surface area contributed by atoms with Gasteiger partial charge in [-0.3, -0.25) is 9.78 Å². The number of aromatic nitrogens is 1. The van der Waals surface area contributed by atoms with Crippen molar-refractivity contribution < 1.29 is 9.90 Å². The number of nitrogens with zero attached hydrogens (tertiary/aromatic N) is 2. The van der Waals surface area contributed by atoms with E-state index in [9.17, 15) is 4.79 Å². The lowest BCUT2D eigenvalue weighted by Crippen LogP contribution is -2.21. The molecule has 0 unspecified atom stereocenters. The van der Waals surface area contributed by atoms with Gasteiger partial charge in [0.25, 0.3) is 0 Å². The summed E-state index contributed by atoms with van der Waals surface area (Å²) in [6, 6.07) is 21.7. The van der Waals surface area contributed by atoms with Crippen molar-refractivity contribution in [1.82, 2.24) is 10.3 Å². The van der Waals surface area contributed by atoms with Crippen LogP contribution >= 0.6 is 0 Å². The maximum absolute atomic E-state index is 10.8. The maximum Gasteiger partial charge on any atom is 0.307 e. The molecule has 166 valence electrons. The number of nitrogen functional groups attached to an aromatic ring is 1. The third kappa shape index (κ3) is 9.28. The third-order valence-corrected chi connectivity index (χ3v) is 4.56. The Balaban J connectivity index is 0.000000520. The number of nitrogens with two attached hydrogens (primary N) is 1. The topological polar surface area (TPSA) is 124 Å². The van der Waals surface area contributed by atoms with E-state index in [0.717, 1.165) is 43.6 Å². The minimum absolute atomic E-state index is 0.0535. The van der Waals surface area contributed by atoms with E-state index in [4.69, 9.17) is 16.1 Å². The first-order valence-corrected chi connectivity index (χ1v) is 10.5. The number of nitriles is 1. The molecule has 0 aliphatic heterocycles. The van der Waals surface area contributed by atoms with Gasteiger partial charge in [-0.25, -0.2) is 0 Å². The highest BCUT2D eigenvalue weighted by atomic mass is 16.4. The first-order chi connectivity index (χ1) is 15.6. The van der Waals surface area contributed by atoms with Crippen LogP contribution in [0.4, 0.5) is 11.4 Å². The van der Waals surface area contributed by atoms with Crippen molar-refractivity contribution in [3.8, 4) is 6.07 Å². The Kier molecular flexibility index (Phi) is 10.8. The van der Waals surface area contributed by atoms with Crippen LogP contribution in [0.2, 0.25) is 0 Å². The van der Waals surface area contributed by atoms with Crippen molar-refractivity contribution in [2.24, 2.45) is 0 Å². The van der Waals surface area contributed by atoms with E-state index in [-0.39, 0.29) is 6.42 Å². The second-order valence-electron chi connectivity index (χ2n) is 7.09. The molecule has 1 aromatic heterocycles. The average molecular weight is 432 g/mol. The summed E-state index contributed by atoms with van der Waals surface area (Å²) in [6.45, 7) is 2.39. The number of hydrogen-bond donors (Lipinski definition) is 4. The van der Waals surface area contributed by atoms with Gasteiger partial charge >= 0.3 is 5.97 Å². The van der Waals surface area contributed by atoms with Crippen molar-refractivity contribution in [3.05, 3.63) is 89.7 Å². The molecule has 0 aliphatic rings. The SMILES string of the molecule is N#Cc1cncc(NCCCNCCc2cccc(CC(=O)O)c2)c1N.c1ccccc1. The quantitative estimate of drug-likeness (QED) is 0.362. The Morgan fingerprint density at radius 3 is 2.34 bits per heavy atom. The predicted molar refractivity (Wildman–Crippen MR) is 127 cm³/mol. The molecule has 0 saturated heterocycles. The first kappa shape index (κ1) is 24.4. The molecule has 0 spiro atoms. The van der Waals surface area contributed by atoms with Gasteiger partial charge in [-0.1, -0.05) is 60.7 Å². The Hall–Kier alpha value is -3.89. The van der Waals surface area contributed by atoms with Gasteiger partial charge in [-0.2, -0.15) is 5.26 Å². The average Bonchev–Trinajstić information content (AvgIpc) is 2.81. The zero-order valence-corrected chi connectivity index (χ0v) is 18.0. The molecule has 32 heavy (non-hydrogen) atoms. The molecule has 7 heteroatoms. The van der Waals surface area contributed by atoms with Gasteiger partial charge in [-0.15, -0.1) is 0 Å². The highest BCUT2D eigenvalue weighted by Gasteiger charge is 2.04. The van der Waals surface area contributed by atoms with E-state index in [1.807, 2.05) is 66.7 Å². The lowest BCUT2D eigenvalue weighted by Gasteiger charge is -2.10. The van der Waals surface area contributed by atoms with Crippen molar-refractivity contribution in [2.75, 3.05) is 30.7 Å². The number of hydrogen-bond acceptors (Lipinski definition) is 6. The number of rotatable bonds is 10. The van der Waals surface area contributed by atoms with E-state index in [1.165, 1.54) is 6.20 Å². The van der Waals surface area contributed by atoms with E-state index in [0.29, 0.717) is 16.9 Å². The van der Waals surface area contributed by atoms with E-state index in [2.05, 4.69) is 15.6 Å². The summed E-state index contributed by atoms with van der Waals surface area (Å²) in [5.41, 5.74) is 9.32. The number of carbonyl (C=O) groups is 1. The first-order valence-electron chi connectivity index (χ1n) is 10.5. The molecule has 5 N–H and O–H groups in total. The number of anilines is 2. The minimum atomic E-state index is -0.816. The van der Waals surface area contributed by atoms with Crippen molar-refractivity contribution in [3.63, 3.8) is 0 Å². The summed E-state index contributed by atoms with van der Waals surface area (Å²) < 4.78 is 0. The van der Waals surface area contributed by atoms with Gasteiger partial charge in [0.2, 0.25) is 0 Å². The fourth-order valence-corrected chi connectivity index (χ4v) is 2.95. The van der Waals surface area contributed by atoms with Crippen LogP contribution in [-0.4, -0.2) is 35.7 Å². The predicted octanol–water partition coefficient (Wildman–Crippen LogP) is 3.48. The zero-order valence-electron chi connectivity index (χ0n) is 18.0. The summed E-state index contributed by atoms with van der Waals surface area (Å²) in [4.78, 5) is 14.7. The zero-order chi connectivity index (χ0) is 23.0. The largest absolute Gasteiger partial charge is 0.481 e. The van der Waals surface area contributed by atoms with Crippen LogP contribution in [-0.2, 0) is 17.6 Å². The van der Waals surface area contributed by atoms with Gasteiger partial charge in [0, 0.05) is 12.7 Å². The van der Waals surface area contributed by atoms with Crippen LogP contribution in [0, 0.1) is 11.3 Å². The molecule has 7 nitrogen and oxygen atoms in total. The Morgan fingerprint density at radius 1 is 1.00 bits per heavy atom. The fraction of sp³-hybridized carbons (Fsp3) is 0.240. The number of carboxylic acid groups (broad SMARTS) is 1. The molecule has 3 aromatic rings. The van der Waals surface area contributed by atoms with Gasteiger partial charge in [0.15, 0.2) is 0 Å². The second kappa shape index (κ2) is 14.2. The summed E-state index contributed by atoms with van der Waals surface area (Å²) in [7, 11) is 0. The van der Waals surface area contributed by atoms with Crippen LogP contribution in [0.15, 0.2) is 73.1 Å². The number of aliphatic carboxylic acids is 1. The molecular formula is C25H29N5O2. The standard InChI is InChI=1S/C19H23N5O2.C6H6/c20-11-16-12-23-13-17(19(16)21)24-7-2-6-22-8-5-14-3-1-4-15(9-14)10-18(25)26;1-2-4-6-5-3-1/h1,3-4,9,12-13,22,24H,2,5-8,10H2,(H2,21,23)(H,25,26);1-6H. The third-order valence-electron chi connectivity index (χ3n) is 4.56. The Labute approximate surface area is 188 Å². The Bertz CT molecular complexity index is 976. The molecule has 2 aromatic carbocycles. The summed E-state index contributed by atoms with van der Waals surface area (Å²) in [6.07, 6.45) is 4.87. The van der Waals surface area contributed by atoms with Crippen LogP contribution in [0.25, 0.3) is 0 Å². The molecule has 0 bridgehead atoms. The minimum Gasteiger partial charge on any atom is -0.481 e. The molecule has 0 atom stereocenters. The number of nitrogens with one attached hydrogen (secondary N) is 2. The highest BCUT2D eigenvalue weighted by molar-refractivity contribution is 5.71. The summed E-state index contributed by atoms with van der Waals surface area (Å²) >= 11 is 0. The molecule has 1 heterocycles. The second-order valence-corrected chi connectivity index (χ2v) is 7.09. The number of pyridine rings is 1. The lowest BCUT2D eigenvalue weighted by molar-refractivity contribution is -0.136. The van der Waals surface area contributed by atoms with Gasteiger partial charge in [-0.05, 0) is 37.1 Å².